The summed E-state index contributed by atoms with van der Waals surface area (Å²) in [6.45, 7) is 2.22. The number of benzene rings is 1. The van der Waals surface area contributed by atoms with Crippen LogP contribution in [0.3, 0.4) is 0 Å². The molecule has 0 bridgehead atoms. The van der Waals surface area contributed by atoms with E-state index < -0.39 is 12.0 Å². The highest BCUT2D eigenvalue weighted by Crippen LogP contribution is 2.40. The summed E-state index contributed by atoms with van der Waals surface area (Å²) in [6, 6.07) is 6.50. The molecule has 1 aliphatic carbocycles. The van der Waals surface area contributed by atoms with E-state index in [2.05, 4.69) is 0 Å². The van der Waals surface area contributed by atoms with Gasteiger partial charge in [-0.05, 0) is 44.2 Å². The number of carbonyl (C=O) groups is 2. The van der Waals surface area contributed by atoms with Gasteiger partial charge in [-0.1, -0.05) is 25.0 Å². The molecule has 136 valence electrons. The van der Waals surface area contributed by atoms with Gasteiger partial charge >= 0.3 is 5.97 Å². The van der Waals surface area contributed by atoms with E-state index in [0.29, 0.717) is 30.4 Å². The van der Waals surface area contributed by atoms with Gasteiger partial charge in [0.2, 0.25) is 0 Å². The summed E-state index contributed by atoms with van der Waals surface area (Å²) in [5.41, 5.74) is 0. The summed E-state index contributed by atoms with van der Waals surface area (Å²) in [5, 5.41) is 9.52. The van der Waals surface area contributed by atoms with Gasteiger partial charge in [0.25, 0.3) is 5.91 Å². The molecule has 1 saturated heterocycles. The number of ether oxygens (including phenoxy) is 2. The minimum absolute atomic E-state index is 0.0353. The maximum absolute atomic E-state index is 12.8. The number of hydrogen-bond acceptors (Lipinski definition) is 4. The largest absolute Gasteiger partial charge is 0.490 e. The van der Waals surface area contributed by atoms with Gasteiger partial charge in [0, 0.05) is 6.04 Å². The molecule has 0 spiro atoms. The molecule has 6 heteroatoms. The Labute approximate surface area is 147 Å². The quantitative estimate of drug-likeness (QED) is 0.856. The number of carboxylic acid groups (broad SMARTS) is 1. The molecule has 1 aromatic carbocycles. The van der Waals surface area contributed by atoms with E-state index in [-0.39, 0.29) is 18.6 Å². The van der Waals surface area contributed by atoms with Gasteiger partial charge in [-0.3, -0.25) is 4.79 Å². The van der Waals surface area contributed by atoms with Crippen LogP contribution in [0.5, 0.6) is 11.5 Å². The fourth-order valence-electron chi connectivity index (χ4n) is 4.10. The molecule has 1 aliphatic heterocycles. The summed E-state index contributed by atoms with van der Waals surface area (Å²) >= 11 is 0. The second kappa shape index (κ2) is 7.76. The van der Waals surface area contributed by atoms with Crippen molar-refractivity contribution >= 4 is 11.9 Å². The van der Waals surface area contributed by atoms with Gasteiger partial charge in [0.15, 0.2) is 18.1 Å². The molecule has 6 nitrogen and oxygen atoms in total. The summed E-state index contributed by atoms with van der Waals surface area (Å²) < 4.78 is 11.2. The van der Waals surface area contributed by atoms with Crippen molar-refractivity contribution in [2.24, 2.45) is 5.92 Å². The lowest BCUT2D eigenvalue weighted by Crippen LogP contribution is -2.48. The number of nitrogens with zero attached hydrogens (tertiary/aromatic N) is 1. The first-order chi connectivity index (χ1) is 12.1. The van der Waals surface area contributed by atoms with Gasteiger partial charge in [-0.2, -0.15) is 0 Å². The molecule has 1 N–H and O–H groups in total. The first-order valence-corrected chi connectivity index (χ1v) is 9.00. The van der Waals surface area contributed by atoms with E-state index in [9.17, 15) is 14.7 Å². The van der Waals surface area contributed by atoms with Crippen molar-refractivity contribution in [2.75, 3.05) is 13.2 Å². The van der Waals surface area contributed by atoms with Gasteiger partial charge < -0.3 is 19.5 Å². The molecule has 0 aromatic heterocycles. The van der Waals surface area contributed by atoms with Crippen molar-refractivity contribution in [2.45, 2.75) is 51.1 Å². The molecule has 1 heterocycles. The van der Waals surface area contributed by atoms with E-state index in [0.717, 1.165) is 25.7 Å². The second-order valence-electron chi connectivity index (χ2n) is 6.67. The first kappa shape index (κ1) is 17.6. The van der Waals surface area contributed by atoms with Crippen LogP contribution in [0.2, 0.25) is 0 Å². The molecule has 2 aliphatic rings. The van der Waals surface area contributed by atoms with Crippen LogP contribution < -0.4 is 9.47 Å². The molecule has 3 atom stereocenters. The van der Waals surface area contributed by atoms with Crippen LogP contribution in [-0.2, 0) is 9.59 Å². The Kier molecular flexibility index (Phi) is 5.46. The number of rotatable bonds is 6. The highest BCUT2D eigenvalue weighted by Gasteiger charge is 2.47. The topological polar surface area (TPSA) is 76.1 Å². The standard InChI is InChI=1S/C19H25NO5/c1-2-24-16-9-5-6-10-17(16)25-12-18(21)20-14-8-4-3-7-13(14)11-15(20)19(22)23/h5-6,9-10,13-15H,2-4,7-8,11-12H2,1H3,(H,22,23). The first-order valence-electron chi connectivity index (χ1n) is 9.00. The number of amides is 1. The van der Waals surface area contributed by atoms with Gasteiger partial charge in [0.05, 0.1) is 6.61 Å². The molecule has 0 radical (unpaired) electrons. The maximum Gasteiger partial charge on any atom is 0.326 e. The highest BCUT2D eigenvalue weighted by atomic mass is 16.5. The van der Waals surface area contributed by atoms with Gasteiger partial charge in [0.1, 0.15) is 6.04 Å². The molecular formula is C19H25NO5. The lowest BCUT2D eigenvalue weighted by Gasteiger charge is -2.32. The van der Waals surface area contributed by atoms with Gasteiger partial charge in [-0.25, -0.2) is 4.79 Å². The molecule has 3 unspecified atom stereocenters. The molecule has 2 fully saturated rings. The number of para-hydroxylation sites is 2. The summed E-state index contributed by atoms with van der Waals surface area (Å²) in [6.07, 6.45) is 4.61. The Balaban J connectivity index is 1.70. The second-order valence-corrected chi connectivity index (χ2v) is 6.67. The van der Waals surface area contributed by atoms with Gasteiger partial charge in [-0.15, -0.1) is 0 Å². The Morgan fingerprint density at radius 3 is 2.52 bits per heavy atom. The number of aliphatic carboxylic acids is 1. The maximum atomic E-state index is 12.8. The highest BCUT2D eigenvalue weighted by molar-refractivity contribution is 5.85. The molecular weight excluding hydrogens is 322 g/mol. The summed E-state index contributed by atoms with van der Waals surface area (Å²) in [7, 11) is 0. The normalized spacial score (nSPS) is 25.3. The Morgan fingerprint density at radius 1 is 1.16 bits per heavy atom. The molecule has 25 heavy (non-hydrogen) atoms. The monoisotopic (exact) mass is 347 g/mol. The Morgan fingerprint density at radius 2 is 1.84 bits per heavy atom. The predicted molar refractivity (Wildman–Crippen MR) is 91.7 cm³/mol. The zero-order chi connectivity index (χ0) is 17.8. The third-order valence-corrected chi connectivity index (χ3v) is 5.16. The van der Waals surface area contributed by atoms with Crippen molar-refractivity contribution in [1.29, 1.82) is 0 Å². The molecule has 1 saturated carbocycles. The number of likely N-dealkylation sites (tertiary alicyclic amines) is 1. The molecule has 3 rings (SSSR count). The Bertz CT molecular complexity index is 632. The predicted octanol–water partition coefficient (Wildman–Crippen LogP) is 2.71. The minimum Gasteiger partial charge on any atom is -0.490 e. The van der Waals surface area contributed by atoms with Crippen LogP contribution in [0.4, 0.5) is 0 Å². The van der Waals surface area contributed by atoms with E-state index in [1.165, 1.54) is 0 Å². The van der Waals surface area contributed by atoms with E-state index >= 15 is 0 Å². The van der Waals surface area contributed by atoms with Crippen molar-refractivity contribution in [3.63, 3.8) is 0 Å². The average Bonchev–Trinajstić information content (AvgIpc) is 3.01. The molecule has 1 amide bonds. The van der Waals surface area contributed by atoms with Crippen LogP contribution >= 0.6 is 0 Å². The third-order valence-electron chi connectivity index (χ3n) is 5.16. The lowest BCUT2D eigenvalue weighted by molar-refractivity contribution is -0.150. The van der Waals surface area contributed by atoms with Crippen molar-refractivity contribution in [1.82, 2.24) is 4.90 Å². The molecule has 1 aromatic rings. The fraction of sp³-hybridized carbons (Fsp3) is 0.579. The van der Waals surface area contributed by atoms with E-state index in [4.69, 9.17) is 9.47 Å². The number of hydrogen-bond donors (Lipinski definition) is 1. The smallest absolute Gasteiger partial charge is 0.326 e. The summed E-state index contributed by atoms with van der Waals surface area (Å²) in [4.78, 5) is 25.9. The number of fused-ring (bicyclic) bond motifs is 1. The summed E-state index contributed by atoms with van der Waals surface area (Å²) in [5.74, 6) is 0.216. The van der Waals surface area contributed by atoms with Crippen molar-refractivity contribution in [3.05, 3.63) is 24.3 Å². The van der Waals surface area contributed by atoms with Crippen LogP contribution in [0.15, 0.2) is 24.3 Å². The van der Waals surface area contributed by atoms with E-state index in [1.807, 2.05) is 19.1 Å². The van der Waals surface area contributed by atoms with Crippen molar-refractivity contribution < 1.29 is 24.2 Å². The minimum atomic E-state index is -0.919. The zero-order valence-electron chi connectivity index (χ0n) is 14.5. The van der Waals surface area contributed by atoms with Crippen molar-refractivity contribution in [3.8, 4) is 11.5 Å². The van der Waals surface area contributed by atoms with Crippen LogP contribution in [0.25, 0.3) is 0 Å². The number of carbonyl (C=O) groups excluding carboxylic acids is 1. The van der Waals surface area contributed by atoms with Crippen LogP contribution in [0, 0.1) is 5.92 Å². The average molecular weight is 347 g/mol. The Hall–Kier alpha value is -2.24. The third kappa shape index (κ3) is 3.72. The SMILES string of the molecule is CCOc1ccccc1OCC(=O)N1C(C(=O)O)CC2CCCCC21. The number of carboxylic acids is 1. The fourth-order valence-corrected chi connectivity index (χ4v) is 4.10. The van der Waals surface area contributed by atoms with E-state index in [1.54, 1.807) is 17.0 Å². The lowest BCUT2D eigenvalue weighted by atomic mass is 9.85. The zero-order valence-corrected chi connectivity index (χ0v) is 14.5. The van der Waals surface area contributed by atoms with Crippen LogP contribution in [0.1, 0.15) is 39.0 Å². The van der Waals surface area contributed by atoms with Crippen LogP contribution in [-0.4, -0.2) is 47.2 Å².